The van der Waals surface area contributed by atoms with Crippen molar-refractivity contribution in [1.82, 2.24) is 5.32 Å². The summed E-state index contributed by atoms with van der Waals surface area (Å²) in [5.74, 6) is 0.944. The molecule has 0 aromatic heterocycles. The van der Waals surface area contributed by atoms with Crippen LogP contribution >= 0.6 is 0 Å². The molecule has 0 aliphatic heterocycles. The fourth-order valence-corrected chi connectivity index (χ4v) is 2.98. The van der Waals surface area contributed by atoms with E-state index in [1.807, 2.05) is 6.92 Å². The van der Waals surface area contributed by atoms with Crippen LogP contribution in [0.15, 0.2) is 0 Å². The Morgan fingerprint density at radius 2 is 1.72 bits per heavy atom. The molecule has 108 valence electrons. The lowest BCUT2D eigenvalue weighted by Crippen LogP contribution is -2.41. The summed E-state index contributed by atoms with van der Waals surface area (Å²) in [5, 5.41) is 3.11. The van der Waals surface area contributed by atoms with Gasteiger partial charge >= 0.3 is 6.18 Å². The first-order chi connectivity index (χ1) is 8.46. The van der Waals surface area contributed by atoms with Crippen LogP contribution in [0.4, 0.5) is 13.2 Å². The van der Waals surface area contributed by atoms with Gasteiger partial charge in [-0.25, -0.2) is 0 Å². The summed E-state index contributed by atoms with van der Waals surface area (Å²) in [6, 6.07) is -0.372. The maximum Gasteiger partial charge on any atom is 0.390 e. The second kappa shape index (κ2) is 7.37. The third-order valence-electron chi connectivity index (χ3n) is 4.15. The van der Waals surface area contributed by atoms with E-state index in [0.717, 1.165) is 38.0 Å². The molecule has 0 spiro atoms. The predicted molar refractivity (Wildman–Crippen MR) is 68.5 cm³/mol. The number of alkyl halides is 3. The Kier molecular flexibility index (Phi) is 6.47. The molecule has 1 nitrogen and oxygen atoms in total. The normalized spacial score (nSPS) is 27.2. The van der Waals surface area contributed by atoms with Crippen molar-refractivity contribution in [1.29, 1.82) is 0 Å². The van der Waals surface area contributed by atoms with E-state index in [0.29, 0.717) is 6.54 Å². The molecule has 0 amide bonds. The van der Waals surface area contributed by atoms with Crippen LogP contribution in [0.25, 0.3) is 0 Å². The molecule has 1 rings (SSSR count). The molecule has 1 atom stereocenters. The number of halogens is 3. The monoisotopic (exact) mass is 265 g/mol. The van der Waals surface area contributed by atoms with E-state index in [1.54, 1.807) is 0 Å². The van der Waals surface area contributed by atoms with Crippen molar-refractivity contribution in [2.24, 2.45) is 11.8 Å². The molecular weight excluding hydrogens is 239 g/mol. The molecular formula is C14H26F3N. The van der Waals surface area contributed by atoms with Crippen LogP contribution < -0.4 is 5.32 Å². The van der Waals surface area contributed by atoms with Crippen molar-refractivity contribution in [2.75, 3.05) is 6.54 Å². The minimum Gasteiger partial charge on any atom is -0.313 e. The summed E-state index contributed by atoms with van der Waals surface area (Å²) >= 11 is 0. The average molecular weight is 265 g/mol. The van der Waals surface area contributed by atoms with Crippen LogP contribution in [0.2, 0.25) is 0 Å². The molecule has 0 saturated heterocycles. The van der Waals surface area contributed by atoms with Gasteiger partial charge in [0.25, 0.3) is 0 Å². The van der Waals surface area contributed by atoms with Crippen molar-refractivity contribution in [2.45, 2.75) is 71.0 Å². The first kappa shape index (κ1) is 15.8. The molecule has 0 heterocycles. The smallest absolute Gasteiger partial charge is 0.313 e. The predicted octanol–water partition coefficient (Wildman–Crippen LogP) is 4.52. The third kappa shape index (κ3) is 5.59. The van der Waals surface area contributed by atoms with Gasteiger partial charge < -0.3 is 5.32 Å². The summed E-state index contributed by atoms with van der Waals surface area (Å²) in [7, 11) is 0. The number of hydrogen-bond donors (Lipinski definition) is 1. The molecule has 1 unspecified atom stereocenters. The SMILES string of the molecule is CCCNC(CC(F)(F)F)C1CCC(CC)CC1. The fraction of sp³-hybridized carbons (Fsp3) is 1.00. The quantitative estimate of drug-likeness (QED) is 0.744. The van der Waals surface area contributed by atoms with Crippen LogP contribution in [0.3, 0.4) is 0 Å². The molecule has 0 bridgehead atoms. The highest BCUT2D eigenvalue weighted by Gasteiger charge is 2.36. The molecule has 1 N–H and O–H groups in total. The van der Waals surface area contributed by atoms with Crippen LogP contribution in [0.5, 0.6) is 0 Å². The largest absolute Gasteiger partial charge is 0.390 e. The lowest BCUT2D eigenvalue weighted by molar-refractivity contribution is -0.144. The maximum atomic E-state index is 12.6. The summed E-state index contributed by atoms with van der Waals surface area (Å²) in [5.41, 5.74) is 0. The van der Waals surface area contributed by atoms with Crippen molar-refractivity contribution in [3.05, 3.63) is 0 Å². The second-order valence-corrected chi connectivity index (χ2v) is 5.57. The van der Waals surface area contributed by atoms with Gasteiger partial charge in [0.15, 0.2) is 0 Å². The Hall–Kier alpha value is -0.250. The molecule has 0 radical (unpaired) electrons. The Bertz CT molecular complexity index is 220. The minimum atomic E-state index is -4.05. The van der Waals surface area contributed by atoms with Gasteiger partial charge in [-0.05, 0) is 37.6 Å². The van der Waals surface area contributed by atoms with Gasteiger partial charge in [-0.1, -0.05) is 33.1 Å². The van der Waals surface area contributed by atoms with Crippen LogP contribution in [-0.2, 0) is 0 Å². The zero-order chi connectivity index (χ0) is 13.6. The Balaban J connectivity index is 2.49. The van der Waals surface area contributed by atoms with Crippen molar-refractivity contribution < 1.29 is 13.2 Å². The zero-order valence-electron chi connectivity index (χ0n) is 11.5. The third-order valence-corrected chi connectivity index (χ3v) is 4.15. The highest BCUT2D eigenvalue weighted by Crippen LogP contribution is 2.35. The molecule has 1 aliphatic carbocycles. The van der Waals surface area contributed by atoms with E-state index < -0.39 is 12.6 Å². The second-order valence-electron chi connectivity index (χ2n) is 5.57. The number of nitrogens with one attached hydrogen (secondary N) is 1. The van der Waals surface area contributed by atoms with E-state index in [1.165, 1.54) is 6.42 Å². The highest BCUT2D eigenvalue weighted by molar-refractivity contribution is 4.83. The lowest BCUT2D eigenvalue weighted by Gasteiger charge is -2.34. The zero-order valence-corrected chi connectivity index (χ0v) is 11.5. The van der Waals surface area contributed by atoms with Gasteiger partial charge in [0.2, 0.25) is 0 Å². The Morgan fingerprint density at radius 3 is 2.17 bits per heavy atom. The number of rotatable bonds is 6. The van der Waals surface area contributed by atoms with Crippen LogP contribution in [0.1, 0.15) is 58.8 Å². The average Bonchev–Trinajstić information content (AvgIpc) is 2.33. The number of hydrogen-bond acceptors (Lipinski definition) is 1. The van der Waals surface area contributed by atoms with Gasteiger partial charge in [-0.15, -0.1) is 0 Å². The van der Waals surface area contributed by atoms with E-state index in [4.69, 9.17) is 0 Å². The molecule has 4 heteroatoms. The van der Waals surface area contributed by atoms with Gasteiger partial charge in [-0.2, -0.15) is 13.2 Å². The van der Waals surface area contributed by atoms with E-state index in [9.17, 15) is 13.2 Å². The molecule has 0 aromatic rings. The Labute approximate surface area is 109 Å². The standard InChI is InChI=1S/C14H26F3N/c1-3-9-18-13(10-14(15,16)17)12-7-5-11(4-2)6-8-12/h11-13,18H,3-10H2,1-2H3. The summed E-state index contributed by atoms with van der Waals surface area (Å²) in [6.45, 7) is 4.85. The topological polar surface area (TPSA) is 12.0 Å². The molecule has 1 saturated carbocycles. The maximum absolute atomic E-state index is 12.6. The first-order valence-electron chi connectivity index (χ1n) is 7.26. The van der Waals surface area contributed by atoms with Crippen molar-refractivity contribution >= 4 is 0 Å². The molecule has 18 heavy (non-hydrogen) atoms. The van der Waals surface area contributed by atoms with E-state index in [-0.39, 0.29) is 12.0 Å². The fourth-order valence-electron chi connectivity index (χ4n) is 2.98. The van der Waals surface area contributed by atoms with Gasteiger partial charge in [0.05, 0.1) is 6.42 Å². The van der Waals surface area contributed by atoms with Gasteiger partial charge in [0, 0.05) is 6.04 Å². The highest BCUT2D eigenvalue weighted by atomic mass is 19.4. The molecule has 0 aromatic carbocycles. The van der Waals surface area contributed by atoms with Gasteiger partial charge in [-0.3, -0.25) is 0 Å². The molecule has 1 aliphatic rings. The van der Waals surface area contributed by atoms with E-state index in [2.05, 4.69) is 12.2 Å². The van der Waals surface area contributed by atoms with Crippen LogP contribution in [-0.4, -0.2) is 18.8 Å². The molecule has 1 fully saturated rings. The summed E-state index contributed by atoms with van der Waals surface area (Å²) in [4.78, 5) is 0. The Morgan fingerprint density at radius 1 is 1.11 bits per heavy atom. The first-order valence-corrected chi connectivity index (χ1v) is 7.26. The van der Waals surface area contributed by atoms with E-state index >= 15 is 0 Å². The van der Waals surface area contributed by atoms with Crippen LogP contribution in [0, 0.1) is 11.8 Å². The summed E-state index contributed by atoms with van der Waals surface area (Å²) in [6.07, 6.45) is 1.44. The van der Waals surface area contributed by atoms with Crippen molar-refractivity contribution in [3.8, 4) is 0 Å². The van der Waals surface area contributed by atoms with Gasteiger partial charge in [0.1, 0.15) is 0 Å². The van der Waals surface area contributed by atoms with Crippen molar-refractivity contribution in [3.63, 3.8) is 0 Å². The lowest BCUT2D eigenvalue weighted by atomic mass is 9.77. The summed E-state index contributed by atoms with van der Waals surface area (Å²) < 4.78 is 37.8. The minimum absolute atomic E-state index is 0.209.